The van der Waals surface area contributed by atoms with Gasteiger partial charge in [0.15, 0.2) is 11.2 Å². The fraction of sp³-hybridized carbons (Fsp3) is 0.450. The number of imidazole rings is 1. The molecule has 0 saturated heterocycles. The molecule has 162 valence electrons. The number of anilines is 1. The smallest absolute Gasteiger partial charge is 0.332 e. The fourth-order valence-corrected chi connectivity index (χ4v) is 3.09. The Balaban J connectivity index is 1.93. The van der Waals surface area contributed by atoms with E-state index in [2.05, 4.69) is 10.3 Å². The highest BCUT2D eigenvalue weighted by Crippen LogP contribution is 2.17. The fourth-order valence-electron chi connectivity index (χ4n) is 3.09. The van der Waals surface area contributed by atoms with Gasteiger partial charge in [0.05, 0.1) is 12.6 Å². The molecule has 3 N–H and O–H groups in total. The van der Waals surface area contributed by atoms with Gasteiger partial charge in [0.2, 0.25) is 5.95 Å². The molecule has 0 amide bonds. The quantitative estimate of drug-likeness (QED) is 0.470. The number of aryl methyl sites for hydroxylation is 2. The van der Waals surface area contributed by atoms with Crippen molar-refractivity contribution in [2.24, 2.45) is 14.1 Å². The van der Waals surface area contributed by atoms with E-state index in [0.29, 0.717) is 5.75 Å². The normalized spacial score (nSPS) is 13.4. The van der Waals surface area contributed by atoms with Crippen LogP contribution in [0.3, 0.4) is 0 Å². The minimum absolute atomic E-state index is 0.00462. The van der Waals surface area contributed by atoms with Crippen LogP contribution in [0.15, 0.2) is 33.9 Å². The molecular formula is C20H27N5O5. The van der Waals surface area contributed by atoms with Crippen LogP contribution in [0.2, 0.25) is 0 Å². The molecule has 0 fully saturated rings. The van der Waals surface area contributed by atoms with Crippen molar-refractivity contribution in [3.05, 3.63) is 50.7 Å². The Kier molecular flexibility index (Phi) is 6.28. The van der Waals surface area contributed by atoms with Crippen LogP contribution in [0, 0.1) is 6.92 Å². The highest BCUT2D eigenvalue weighted by Gasteiger charge is 2.21. The summed E-state index contributed by atoms with van der Waals surface area (Å²) in [5.74, 6) is 0.902. The number of ether oxygens (including phenoxy) is 1. The van der Waals surface area contributed by atoms with Gasteiger partial charge in [0.1, 0.15) is 18.5 Å². The summed E-state index contributed by atoms with van der Waals surface area (Å²) in [4.78, 5) is 29.4. The van der Waals surface area contributed by atoms with Gasteiger partial charge in [-0.1, -0.05) is 17.7 Å². The van der Waals surface area contributed by atoms with Gasteiger partial charge in [-0.3, -0.25) is 13.9 Å². The van der Waals surface area contributed by atoms with Crippen LogP contribution < -0.4 is 21.3 Å². The van der Waals surface area contributed by atoms with Crippen LogP contribution in [-0.4, -0.2) is 54.3 Å². The molecule has 2 heterocycles. The zero-order valence-corrected chi connectivity index (χ0v) is 17.5. The van der Waals surface area contributed by atoms with E-state index in [1.807, 2.05) is 31.2 Å². The standard InChI is InChI=1S/C20H27N5O5/c1-12-5-7-15(8-6-12)30-11-14(27)10-25-16-17(22-19(25)21-9-13(2)26)23(3)20(29)24(4)18(16)28/h5-8,13-14,26-27H,9-11H2,1-4H3,(H,21,22)/t13-,14+/m0/s1. The lowest BCUT2D eigenvalue weighted by molar-refractivity contribution is 0.0937. The number of benzene rings is 1. The summed E-state index contributed by atoms with van der Waals surface area (Å²) in [6.07, 6.45) is -1.60. The number of fused-ring (bicyclic) bond motifs is 1. The molecule has 10 heteroatoms. The zero-order chi connectivity index (χ0) is 22.0. The third kappa shape index (κ3) is 4.39. The predicted molar refractivity (Wildman–Crippen MR) is 113 cm³/mol. The second-order valence-electron chi connectivity index (χ2n) is 7.43. The number of aromatic nitrogens is 4. The van der Waals surface area contributed by atoms with E-state index in [4.69, 9.17) is 4.74 Å². The molecule has 0 radical (unpaired) electrons. The highest BCUT2D eigenvalue weighted by molar-refractivity contribution is 5.74. The van der Waals surface area contributed by atoms with Crippen LogP contribution >= 0.6 is 0 Å². The van der Waals surface area contributed by atoms with Crippen LogP contribution in [0.4, 0.5) is 5.95 Å². The van der Waals surface area contributed by atoms with Gasteiger partial charge in [-0.15, -0.1) is 0 Å². The van der Waals surface area contributed by atoms with E-state index >= 15 is 0 Å². The van der Waals surface area contributed by atoms with Gasteiger partial charge in [0, 0.05) is 20.6 Å². The van der Waals surface area contributed by atoms with E-state index in [1.54, 1.807) is 6.92 Å². The molecule has 10 nitrogen and oxygen atoms in total. The number of nitrogens with one attached hydrogen (secondary N) is 1. The first-order chi connectivity index (χ1) is 14.2. The molecule has 0 spiro atoms. The molecule has 0 bridgehead atoms. The van der Waals surface area contributed by atoms with Crippen molar-refractivity contribution >= 4 is 17.1 Å². The Morgan fingerprint density at radius 1 is 1.13 bits per heavy atom. The molecule has 0 saturated carbocycles. The monoisotopic (exact) mass is 417 g/mol. The van der Waals surface area contributed by atoms with E-state index in [9.17, 15) is 19.8 Å². The van der Waals surface area contributed by atoms with Crippen molar-refractivity contribution in [1.82, 2.24) is 18.7 Å². The number of aliphatic hydroxyl groups excluding tert-OH is 2. The SMILES string of the molecule is Cc1ccc(OC[C@H](O)Cn2c(NC[C@H](C)O)nc3c2c(=O)n(C)c(=O)n3C)cc1. The molecular weight excluding hydrogens is 390 g/mol. The first-order valence-electron chi connectivity index (χ1n) is 9.64. The second kappa shape index (κ2) is 8.72. The third-order valence-corrected chi connectivity index (χ3v) is 4.76. The Hall–Kier alpha value is -3.11. The Morgan fingerprint density at radius 3 is 2.43 bits per heavy atom. The average Bonchev–Trinajstić information content (AvgIpc) is 3.07. The van der Waals surface area contributed by atoms with E-state index in [0.717, 1.165) is 10.1 Å². The maximum atomic E-state index is 12.8. The minimum atomic E-state index is -0.947. The molecule has 1 aromatic carbocycles. The first kappa shape index (κ1) is 21.6. The van der Waals surface area contributed by atoms with Gasteiger partial charge in [0.25, 0.3) is 5.56 Å². The Labute approximate surface area is 173 Å². The zero-order valence-electron chi connectivity index (χ0n) is 17.5. The summed E-state index contributed by atoms with van der Waals surface area (Å²) in [5.41, 5.74) is 0.466. The summed E-state index contributed by atoms with van der Waals surface area (Å²) in [5, 5.41) is 23.1. The molecule has 3 aromatic rings. The number of nitrogens with zero attached hydrogens (tertiary/aromatic N) is 4. The van der Waals surface area contributed by atoms with Crippen molar-refractivity contribution in [1.29, 1.82) is 0 Å². The Bertz CT molecular complexity index is 1140. The van der Waals surface area contributed by atoms with E-state index < -0.39 is 23.5 Å². The molecule has 0 aliphatic rings. The van der Waals surface area contributed by atoms with E-state index in [1.165, 1.54) is 23.2 Å². The van der Waals surface area contributed by atoms with Gasteiger partial charge in [-0.25, -0.2) is 4.79 Å². The summed E-state index contributed by atoms with van der Waals surface area (Å²) < 4.78 is 9.42. The molecule has 2 aromatic heterocycles. The van der Waals surface area contributed by atoms with E-state index in [-0.39, 0.29) is 36.8 Å². The number of rotatable bonds is 8. The van der Waals surface area contributed by atoms with Crippen LogP contribution in [0.1, 0.15) is 12.5 Å². The molecule has 0 aliphatic carbocycles. The van der Waals surface area contributed by atoms with Crippen LogP contribution in [-0.2, 0) is 20.6 Å². The maximum Gasteiger partial charge on any atom is 0.332 e. The largest absolute Gasteiger partial charge is 0.491 e. The number of hydrogen-bond acceptors (Lipinski definition) is 7. The average molecular weight is 417 g/mol. The summed E-state index contributed by atoms with van der Waals surface area (Å²) >= 11 is 0. The minimum Gasteiger partial charge on any atom is -0.491 e. The molecule has 2 atom stereocenters. The van der Waals surface area contributed by atoms with Crippen LogP contribution in [0.5, 0.6) is 5.75 Å². The topological polar surface area (TPSA) is 124 Å². The van der Waals surface area contributed by atoms with Crippen molar-refractivity contribution in [2.45, 2.75) is 32.6 Å². The van der Waals surface area contributed by atoms with Gasteiger partial charge in [-0.2, -0.15) is 4.98 Å². The first-order valence-corrected chi connectivity index (χ1v) is 9.64. The van der Waals surface area contributed by atoms with Gasteiger partial charge in [-0.05, 0) is 26.0 Å². The van der Waals surface area contributed by atoms with Crippen molar-refractivity contribution in [3.63, 3.8) is 0 Å². The molecule has 30 heavy (non-hydrogen) atoms. The molecule has 0 unspecified atom stereocenters. The van der Waals surface area contributed by atoms with Crippen molar-refractivity contribution < 1.29 is 14.9 Å². The highest BCUT2D eigenvalue weighted by atomic mass is 16.5. The lowest BCUT2D eigenvalue weighted by Crippen LogP contribution is -2.38. The lowest BCUT2D eigenvalue weighted by Gasteiger charge is -2.16. The lowest BCUT2D eigenvalue weighted by atomic mass is 10.2. The van der Waals surface area contributed by atoms with Crippen molar-refractivity contribution in [3.8, 4) is 5.75 Å². The summed E-state index contributed by atoms with van der Waals surface area (Å²) in [7, 11) is 2.91. The van der Waals surface area contributed by atoms with Crippen molar-refractivity contribution in [2.75, 3.05) is 18.5 Å². The van der Waals surface area contributed by atoms with Gasteiger partial charge < -0.3 is 24.8 Å². The van der Waals surface area contributed by atoms with Gasteiger partial charge >= 0.3 is 5.69 Å². The maximum absolute atomic E-state index is 12.8. The Morgan fingerprint density at radius 2 is 1.80 bits per heavy atom. The molecule has 3 rings (SSSR count). The summed E-state index contributed by atoms with van der Waals surface area (Å²) in [6, 6.07) is 7.45. The van der Waals surface area contributed by atoms with Crippen LogP contribution in [0.25, 0.3) is 11.2 Å². The predicted octanol–water partition coefficient (Wildman–Crippen LogP) is -0.0253. The third-order valence-electron chi connectivity index (χ3n) is 4.76. The summed E-state index contributed by atoms with van der Waals surface area (Å²) in [6.45, 7) is 3.79. The molecule has 0 aliphatic heterocycles. The second-order valence-corrected chi connectivity index (χ2v) is 7.43. The number of aliphatic hydroxyl groups is 2. The number of hydrogen-bond donors (Lipinski definition) is 3.